The van der Waals surface area contributed by atoms with E-state index in [1.165, 1.54) is 19.1 Å². The predicted molar refractivity (Wildman–Crippen MR) is 64.0 cm³/mol. The molecule has 0 amide bonds. The van der Waals surface area contributed by atoms with Crippen LogP contribution in [0.4, 0.5) is 8.78 Å². The SMILES string of the molecule is CC(O)(c1cccc(F)c1F)C1(C#N)CCOCC1. The third-order valence-electron chi connectivity index (χ3n) is 3.97. The van der Waals surface area contributed by atoms with Crippen LogP contribution in [0, 0.1) is 28.4 Å². The molecule has 1 atom stereocenters. The van der Waals surface area contributed by atoms with Gasteiger partial charge in [-0.1, -0.05) is 12.1 Å². The number of hydrogen-bond donors (Lipinski definition) is 1. The van der Waals surface area contributed by atoms with Gasteiger partial charge in [0.1, 0.15) is 5.60 Å². The summed E-state index contributed by atoms with van der Waals surface area (Å²) >= 11 is 0. The summed E-state index contributed by atoms with van der Waals surface area (Å²) in [7, 11) is 0. The van der Waals surface area contributed by atoms with E-state index in [0.717, 1.165) is 6.07 Å². The first-order chi connectivity index (χ1) is 8.94. The van der Waals surface area contributed by atoms with Crippen LogP contribution in [-0.2, 0) is 10.3 Å². The van der Waals surface area contributed by atoms with Crippen LogP contribution in [0.1, 0.15) is 25.3 Å². The lowest BCUT2D eigenvalue weighted by Gasteiger charge is -2.42. The Hall–Kier alpha value is -1.51. The Labute approximate surface area is 110 Å². The second-order valence-electron chi connectivity index (χ2n) is 4.98. The first kappa shape index (κ1) is 13.9. The molecule has 5 heteroatoms. The molecule has 1 fully saturated rings. The lowest BCUT2D eigenvalue weighted by atomic mass is 9.65. The van der Waals surface area contributed by atoms with Crippen molar-refractivity contribution in [2.24, 2.45) is 5.41 Å². The average molecular weight is 267 g/mol. The monoisotopic (exact) mass is 267 g/mol. The van der Waals surface area contributed by atoms with Crippen molar-refractivity contribution >= 4 is 0 Å². The second kappa shape index (κ2) is 4.87. The Balaban J connectivity index is 2.51. The second-order valence-corrected chi connectivity index (χ2v) is 4.98. The summed E-state index contributed by atoms with van der Waals surface area (Å²) in [6.07, 6.45) is 0.568. The minimum Gasteiger partial charge on any atom is -0.384 e. The van der Waals surface area contributed by atoms with Crippen LogP contribution in [0.3, 0.4) is 0 Å². The van der Waals surface area contributed by atoms with Crippen LogP contribution in [0.15, 0.2) is 18.2 Å². The minimum absolute atomic E-state index is 0.184. The Morgan fingerprint density at radius 3 is 2.58 bits per heavy atom. The van der Waals surface area contributed by atoms with Crippen LogP contribution >= 0.6 is 0 Å². The summed E-state index contributed by atoms with van der Waals surface area (Å²) in [6.45, 7) is 2.00. The van der Waals surface area contributed by atoms with E-state index in [0.29, 0.717) is 13.2 Å². The highest BCUT2D eigenvalue weighted by molar-refractivity contribution is 5.30. The van der Waals surface area contributed by atoms with Gasteiger partial charge in [-0.05, 0) is 25.8 Å². The van der Waals surface area contributed by atoms with E-state index in [-0.39, 0.29) is 18.4 Å². The van der Waals surface area contributed by atoms with Gasteiger partial charge in [0.05, 0.1) is 11.5 Å². The molecule has 0 bridgehead atoms. The van der Waals surface area contributed by atoms with Gasteiger partial charge in [-0.3, -0.25) is 0 Å². The first-order valence-corrected chi connectivity index (χ1v) is 6.10. The minimum atomic E-state index is -1.77. The van der Waals surface area contributed by atoms with Crippen LogP contribution in [0.25, 0.3) is 0 Å². The van der Waals surface area contributed by atoms with E-state index in [1.807, 2.05) is 0 Å². The van der Waals surface area contributed by atoms with Gasteiger partial charge in [-0.15, -0.1) is 0 Å². The lowest BCUT2D eigenvalue weighted by Crippen LogP contribution is -2.47. The van der Waals surface area contributed by atoms with Crippen molar-refractivity contribution < 1.29 is 18.6 Å². The number of nitrogens with zero attached hydrogens (tertiary/aromatic N) is 1. The molecule has 19 heavy (non-hydrogen) atoms. The average Bonchev–Trinajstić information content (AvgIpc) is 2.42. The number of ether oxygens (including phenoxy) is 1. The third kappa shape index (κ3) is 2.11. The molecule has 102 valence electrons. The maximum atomic E-state index is 13.9. The van der Waals surface area contributed by atoms with Gasteiger partial charge in [0, 0.05) is 18.8 Å². The number of aliphatic hydroxyl groups is 1. The molecule has 1 aromatic rings. The molecule has 2 rings (SSSR count). The van der Waals surface area contributed by atoms with Gasteiger partial charge >= 0.3 is 0 Å². The molecule has 0 radical (unpaired) electrons. The normalized spacial score (nSPS) is 21.4. The molecule has 1 aliphatic heterocycles. The number of nitriles is 1. The van der Waals surface area contributed by atoms with E-state index in [9.17, 15) is 19.1 Å². The number of benzene rings is 1. The summed E-state index contributed by atoms with van der Waals surface area (Å²) in [5, 5.41) is 20.1. The van der Waals surface area contributed by atoms with Crippen molar-refractivity contribution in [2.75, 3.05) is 13.2 Å². The van der Waals surface area contributed by atoms with E-state index in [2.05, 4.69) is 6.07 Å². The summed E-state index contributed by atoms with van der Waals surface area (Å²) in [5.74, 6) is -2.13. The van der Waals surface area contributed by atoms with Gasteiger partial charge in [-0.25, -0.2) is 8.78 Å². The van der Waals surface area contributed by atoms with Gasteiger partial charge in [0.2, 0.25) is 0 Å². The molecular formula is C14H15F2NO2. The van der Waals surface area contributed by atoms with Gasteiger partial charge in [0.25, 0.3) is 0 Å². The van der Waals surface area contributed by atoms with Crippen molar-refractivity contribution in [1.29, 1.82) is 5.26 Å². The Bertz CT molecular complexity index is 517. The van der Waals surface area contributed by atoms with Gasteiger partial charge in [-0.2, -0.15) is 5.26 Å². The van der Waals surface area contributed by atoms with Crippen molar-refractivity contribution in [2.45, 2.75) is 25.4 Å². The molecule has 1 N–H and O–H groups in total. The van der Waals surface area contributed by atoms with Crippen molar-refractivity contribution in [1.82, 2.24) is 0 Å². The van der Waals surface area contributed by atoms with E-state index < -0.39 is 22.7 Å². The summed E-state index contributed by atoms with van der Waals surface area (Å²) < 4.78 is 32.4. The fourth-order valence-electron chi connectivity index (χ4n) is 2.56. The summed E-state index contributed by atoms with van der Waals surface area (Å²) in [6, 6.07) is 5.71. The highest BCUT2D eigenvalue weighted by atomic mass is 19.2. The van der Waals surface area contributed by atoms with Crippen molar-refractivity contribution in [3.8, 4) is 6.07 Å². The molecule has 0 spiro atoms. The molecule has 1 saturated heterocycles. The molecule has 1 heterocycles. The topological polar surface area (TPSA) is 53.2 Å². The molecule has 0 aromatic heterocycles. The Morgan fingerprint density at radius 1 is 1.37 bits per heavy atom. The van der Waals surface area contributed by atoms with Crippen LogP contribution < -0.4 is 0 Å². The molecule has 1 unspecified atom stereocenters. The van der Waals surface area contributed by atoms with Crippen LogP contribution in [0.2, 0.25) is 0 Å². The highest BCUT2D eigenvalue weighted by Crippen LogP contribution is 2.47. The number of halogens is 2. The maximum absolute atomic E-state index is 13.9. The number of hydrogen-bond acceptors (Lipinski definition) is 3. The molecule has 3 nitrogen and oxygen atoms in total. The fourth-order valence-corrected chi connectivity index (χ4v) is 2.56. The van der Waals surface area contributed by atoms with E-state index in [4.69, 9.17) is 4.74 Å². The van der Waals surface area contributed by atoms with Crippen LogP contribution in [-0.4, -0.2) is 18.3 Å². The molecule has 1 aliphatic rings. The van der Waals surface area contributed by atoms with Crippen LogP contribution in [0.5, 0.6) is 0 Å². The molecule has 1 aromatic carbocycles. The fraction of sp³-hybridized carbons (Fsp3) is 0.500. The van der Waals surface area contributed by atoms with Crippen molar-refractivity contribution in [3.05, 3.63) is 35.4 Å². The lowest BCUT2D eigenvalue weighted by molar-refractivity contribution is -0.0994. The zero-order valence-electron chi connectivity index (χ0n) is 10.6. The molecular weight excluding hydrogens is 252 g/mol. The molecule has 0 aliphatic carbocycles. The van der Waals surface area contributed by atoms with Crippen molar-refractivity contribution in [3.63, 3.8) is 0 Å². The predicted octanol–water partition coefficient (Wildman–Crippen LogP) is 2.49. The Morgan fingerprint density at radius 2 is 2.00 bits per heavy atom. The smallest absolute Gasteiger partial charge is 0.164 e. The largest absolute Gasteiger partial charge is 0.384 e. The zero-order chi connectivity index (χ0) is 14.1. The van der Waals surface area contributed by atoms with E-state index in [1.54, 1.807) is 0 Å². The quantitative estimate of drug-likeness (QED) is 0.895. The highest BCUT2D eigenvalue weighted by Gasteiger charge is 2.51. The summed E-state index contributed by atoms with van der Waals surface area (Å²) in [4.78, 5) is 0. The maximum Gasteiger partial charge on any atom is 0.164 e. The van der Waals surface area contributed by atoms with Gasteiger partial charge in [0.15, 0.2) is 11.6 Å². The number of rotatable bonds is 2. The molecule has 0 saturated carbocycles. The van der Waals surface area contributed by atoms with E-state index >= 15 is 0 Å². The standard InChI is InChI=1S/C14H15F2NO2/c1-13(18,10-3-2-4-11(15)12(10)16)14(9-17)5-7-19-8-6-14/h2-4,18H,5-8H2,1H3. The van der Waals surface area contributed by atoms with Gasteiger partial charge < -0.3 is 9.84 Å². The third-order valence-corrected chi connectivity index (χ3v) is 3.97. The zero-order valence-corrected chi connectivity index (χ0v) is 10.6. The summed E-state index contributed by atoms with van der Waals surface area (Å²) in [5.41, 5.74) is -3.12. The first-order valence-electron chi connectivity index (χ1n) is 6.10. The Kier molecular flexibility index (Phi) is 3.57.